The van der Waals surface area contributed by atoms with Gasteiger partial charge in [-0.25, -0.2) is 0 Å². The molecule has 6 heteroatoms. The van der Waals surface area contributed by atoms with E-state index in [1.165, 1.54) is 20.1 Å². The summed E-state index contributed by atoms with van der Waals surface area (Å²) >= 11 is 0. The van der Waals surface area contributed by atoms with E-state index in [-0.39, 0.29) is 22.8 Å². The molecule has 112 valence electrons. The van der Waals surface area contributed by atoms with E-state index in [0.717, 1.165) is 4.90 Å². The van der Waals surface area contributed by atoms with Gasteiger partial charge in [-0.3, -0.25) is 4.79 Å². The molecule has 0 saturated heterocycles. The molecule has 20 heavy (non-hydrogen) atoms. The molecular formula is C14H18F3NO2. The number of alkyl halides is 3. The number of rotatable bonds is 5. The maximum atomic E-state index is 12.7. The van der Waals surface area contributed by atoms with Crippen LogP contribution in [0.15, 0.2) is 18.2 Å². The van der Waals surface area contributed by atoms with Crippen molar-refractivity contribution in [2.75, 3.05) is 18.6 Å². The van der Waals surface area contributed by atoms with Crippen LogP contribution in [0.4, 0.5) is 18.9 Å². The van der Waals surface area contributed by atoms with Gasteiger partial charge >= 0.3 is 6.18 Å². The lowest BCUT2D eigenvalue weighted by Crippen LogP contribution is -2.40. The number of carbonyl (C=O) groups excluding carboxylic acids is 1. The van der Waals surface area contributed by atoms with Crippen LogP contribution in [-0.4, -0.2) is 31.7 Å². The van der Waals surface area contributed by atoms with Crippen LogP contribution in [0.25, 0.3) is 0 Å². The number of nitrogens with zero attached hydrogens (tertiary/aromatic N) is 1. The maximum Gasteiger partial charge on any atom is 0.405 e. The average Bonchev–Trinajstić information content (AvgIpc) is 2.33. The number of ether oxygens (including phenoxy) is 1. The van der Waals surface area contributed by atoms with E-state index < -0.39 is 18.8 Å². The standard InChI is InChI=1S/C14H18F3NO2/c1-9(2)18(8-14(15,16)17)11-6-5-7-12(20-4)13(11)10(3)19/h5-7,9H,8H2,1-4H3. The lowest BCUT2D eigenvalue weighted by Gasteiger charge is -2.31. The number of Topliss-reactive ketones (excluding diaryl/α,β-unsaturated/α-hetero) is 1. The lowest BCUT2D eigenvalue weighted by atomic mass is 10.1. The fourth-order valence-corrected chi connectivity index (χ4v) is 2.02. The smallest absolute Gasteiger partial charge is 0.405 e. The molecule has 1 aromatic carbocycles. The second-order valence-electron chi connectivity index (χ2n) is 4.75. The highest BCUT2D eigenvalue weighted by Crippen LogP contribution is 2.33. The summed E-state index contributed by atoms with van der Waals surface area (Å²) in [6, 6.07) is 4.24. The first kappa shape index (κ1) is 16.3. The van der Waals surface area contributed by atoms with Crippen LogP contribution in [0.1, 0.15) is 31.1 Å². The first-order chi connectivity index (χ1) is 9.17. The highest BCUT2D eigenvalue weighted by Gasteiger charge is 2.33. The van der Waals surface area contributed by atoms with Gasteiger partial charge in [-0.1, -0.05) is 6.07 Å². The van der Waals surface area contributed by atoms with Crippen molar-refractivity contribution >= 4 is 11.5 Å². The highest BCUT2D eigenvalue weighted by atomic mass is 19.4. The molecule has 0 unspecified atom stereocenters. The summed E-state index contributed by atoms with van der Waals surface area (Å²) < 4.78 is 43.2. The number of hydrogen-bond donors (Lipinski definition) is 0. The first-order valence-electron chi connectivity index (χ1n) is 6.18. The number of hydrogen-bond acceptors (Lipinski definition) is 3. The molecule has 0 saturated carbocycles. The van der Waals surface area contributed by atoms with Gasteiger partial charge in [0.2, 0.25) is 0 Å². The number of halogens is 3. The van der Waals surface area contributed by atoms with E-state index >= 15 is 0 Å². The molecule has 0 aliphatic rings. The Morgan fingerprint density at radius 3 is 2.35 bits per heavy atom. The monoisotopic (exact) mass is 289 g/mol. The second kappa shape index (κ2) is 6.15. The zero-order valence-corrected chi connectivity index (χ0v) is 11.9. The molecule has 3 nitrogen and oxygen atoms in total. The summed E-state index contributed by atoms with van der Waals surface area (Å²) in [5.74, 6) is -0.0481. The Bertz CT molecular complexity index is 484. The van der Waals surface area contributed by atoms with E-state index in [1.54, 1.807) is 26.0 Å². The van der Waals surface area contributed by atoms with Gasteiger partial charge in [0.15, 0.2) is 5.78 Å². The van der Waals surface area contributed by atoms with Crippen molar-refractivity contribution in [3.8, 4) is 5.75 Å². The number of anilines is 1. The van der Waals surface area contributed by atoms with Crippen LogP contribution < -0.4 is 9.64 Å². The normalized spacial score (nSPS) is 11.6. The Hall–Kier alpha value is -1.72. The Kier molecular flexibility index (Phi) is 5.03. The molecule has 1 rings (SSSR count). The third-order valence-electron chi connectivity index (χ3n) is 2.86. The van der Waals surface area contributed by atoms with Gasteiger partial charge in [0, 0.05) is 6.04 Å². The van der Waals surface area contributed by atoms with Crippen molar-refractivity contribution in [2.45, 2.75) is 33.0 Å². The molecule has 0 aliphatic carbocycles. The van der Waals surface area contributed by atoms with E-state index in [0.29, 0.717) is 0 Å². The van der Waals surface area contributed by atoms with Crippen LogP contribution in [0.2, 0.25) is 0 Å². The summed E-state index contributed by atoms with van der Waals surface area (Å²) in [5, 5.41) is 0. The van der Waals surface area contributed by atoms with E-state index in [2.05, 4.69) is 0 Å². The Morgan fingerprint density at radius 2 is 1.95 bits per heavy atom. The zero-order chi connectivity index (χ0) is 15.5. The molecule has 0 fully saturated rings. The molecule has 0 atom stereocenters. The number of methoxy groups -OCH3 is 1. The fourth-order valence-electron chi connectivity index (χ4n) is 2.02. The molecular weight excluding hydrogens is 271 g/mol. The van der Waals surface area contributed by atoms with Crippen molar-refractivity contribution in [1.82, 2.24) is 0 Å². The Labute approximate surface area is 116 Å². The third kappa shape index (κ3) is 3.88. The van der Waals surface area contributed by atoms with Crippen LogP contribution in [0.3, 0.4) is 0 Å². The van der Waals surface area contributed by atoms with Gasteiger partial charge in [-0.2, -0.15) is 13.2 Å². The second-order valence-corrected chi connectivity index (χ2v) is 4.75. The topological polar surface area (TPSA) is 29.5 Å². The maximum absolute atomic E-state index is 12.7. The lowest BCUT2D eigenvalue weighted by molar-refractivity contribution is -0.120. The molecule has 0 aliphatic heterocycles. The van der Waals surface area contributed by atoms with E-state index in [1.807, 2.05) is 0 Å². The summed E-state index contributed by atoms with van der Waals surface area (Å²) in [6.45, 7) is 3.50. The molecule has 0 N–H and O–H groups in total. The minimum atomic E-state index is -4.35. The van der Waals surface area contributed by atoms with Crippen molar-refractivity contribution < 1.29 is 22.7 Å². The number of benzene rings is 1. The van der Waals surface area contributed by atoms with Crippen molar-refractivity contribution in [2.24, 2.45) is 0 Å². The fraction of sp³-hybridized carbons (Fsp3) is 0.500. The zero-order valence-electron chi connectivity index (χ0n) is 11.9. The van der Waals surface area contributed by atoms with Gasteiger partial charge in [0.25, 0.3) is 0 Å². The van der Waals surface area contributed by atoms with Crippen LogP contribution in [0.5, 0.6) is 5.75 Å². The van der Waals surface area contributed by atoms with E-state index in [9.17, 15) is 18.0 Å². The molecule has 0 aromatic heterocycles. The number of carbonyl (C=O) groups is 1. The molecule has 1 aromatic rings. The van der Waals surface area contributed by atoms with Crippen LogP contribution in [0, 0.1) is 0 Å². The minimum absolute atomic E-state index is 0.174. The van der Waals surface area contributed by atoms with Crippen molar-refractivity contribution in [3.63, 3.8) is 0 Å². The predicted octanol–water partition coefficient (Wildman–Crippen LogP) is 3.67. The molecule has 0 bridgehead atoms. The van der Waals surface area contributed by atoms with Crippen molar-refractivity contribution in [3.05, 3.63) is 23.8 Å². The Balaban J connectivity index is 3.37. The molecule has 0 spiro atoms. The van der Waals surface area contributed by atoms with E-state index in [4.69, 9.17) is 4.74 Å². The number of ketones is 1. The Morgan fingerprint density at radius 1 is 1.35 bits per heavy atom. The van der Waals surface area contributed by atoms with Gasteiger partial charge in [0.05, 0.1) is 18.4 Å². The summed E-state index contributed by atoms with van der Waals surface area (Å²) in [5.41, 5.74) is 0.414. The first-order valence-corrected chi connectivity index (χ1v) is 6.18. The van der Waals surface area contributed by atoms with Crippen LogP contribution in [-0.2, 0) is 0 Å². The largest absolute Gasteiger partial charge is 0.496 e. The predicted molar refractivity (Wildman–Crippen MR) is 71.5 cm³/mol. The highest BCUT2D eigenvalue weighted by molar-refractivity contribution is 6.02. The van der Waals surface area contributed by atoms with Gasteiger partial charge < -0.3 is 9.64 Å². The quantitative estimate of drug-likeness (QED) is 0.774. The molecule has 0 radical (unpaired) electrons. The average molecular weight is 289 g/mol. The van der Waals surface area contributed by atoms with Gasteiger partial charge in [-0.05, 0) is 32.9 Å². The molecule has 0 heterocycles. The van der Waals surface area contributed by atoms with Crippen molar-refractivity contribution in [1.29, 1.82) is 0 Å². The van der Waals surface area contributed by atoms with Crippen LogP contribution >= 0.6 is 0 Å². The SMILES string of the molecule is COc1cccc(N(CC(F)(F)F)C(C)C)c1C(C)=O. The summed E-state index contributed by atoms with van der Waals surface area (Å²) in [4.78, 5) is 12.9. The minimum Gasteiger partial charge on any atom is -0.496 e. The van der Waals surface area contributed by atoms with Gasteiger partial charge in [0.1, 0.15) is 12.3 Å². The summed E-state index contributed by atoms with van der Waals surface area (Å²) in [6.07, 6.45) is -4.35. The van der Waals surface area contributed by atoms with Gasteiger partial charge in [-0.15, -0.1) is 0 Å². The third-order valence-corrected chi connectivity index (χ3v) is 2.86. The molecule has 0 amide bonds. The summed E-state index contributed by atoms with van der Waals surface area (Å²) in [7, 11) is 1.38.